The third-order valence-electron chi connectivity index (χ3n) is 11.5. The van der Waals surface area contributed by atoms with E-state index in [-0.39, 0.29) is 11.8 Å². The van der Waals surface area contributed by atoms with Gasteiger partial charge in [0.25, 0.3) is 5.91 Å². The molecule has 0 unspecified atom stereocenters. The first-order chi connectivity index (χ1) is 26.2. The summed E-state index contributed by atoms with van der Waals surface area (Å²) in [6.07, 6.45) is 16.7. The zero-order chi connectivity index (χ0) is 37.7. The Morgan fingerprint density at radius 2 is 1.76 bits per heavy atom. The van der Waals surface area contributed by atoms with Crippen LogP contribution < -0.4 is 10.6 Å². The molecule has 2 amide bonds. The highest BCUT2D eigenvalue weighted by atomic mass is 28.3. The Morgan fingerprint density at radius 3 is 2.50 bits per heavy atom. The zero-order valence-electron chi connectivity index (χ0n) is 32.5. The van der Waals surface area contributed by atoms with Gasteiger partial charge in [-0.15, -0.1) is 0 Å². The molecule has 0 bridgehead atoms. The highest BCUT2D eigenvalue weighted by molar-refractivity contribution is 6.76. The van der Waals surface area contributed by atoms with Gasteiger partial charge < -0.3 is 24.5 Å². The van der Waals surface area contributed by atoms with Crippen LogP contribution in [0.5, 0.6) is 0 Å². The third kappa shape index (κ3) is 8.44. The van der Waals surface area contributed by atoms with Crippen molar-refractivity contribution in [2.45, 2.75) is 121 Å². The van der Waals surface area contributed by atoms with Crippen LogP contribution in [0.3, 0.4) is 0 Å². The van der Waals surface area contributed by atoms with Gasteiger partial charge in [0.2, 0.25) is 5.91 Å². The summed E-state index contributed by atoms with van der Waals surface area (Å²) in [6, 6.07) is 15.0. The summed E-state index contributed by atoms with van der Waals surface area (Å²) in [7, 11) is 0.269. The average molecular weight is 752 g/mol. The van der Waals surface area contributed by atoms with Crippen molar-refractivity contribution >= 4 is 42.6 Å². The van der Waals surface area contributed by atoms with Crippen LogP contribution in [-0.4, -0.2) is 59.9 Å². The molecule has 0 atom stereocenters. The summed E-state index contributed by atoms with van der Waals surface area (Å²) in [4.78, 5) is 42.6. The van der Waals surface area contributed by atoms with Crippen LogP contribution in [0.1, 0.15) is 97.3 Å². The van der Waals surface area contributed by atoms with Crippen molar-refractivity contribution in [1.29, 1.82) is 0 Å². The normalized spacial score (nSPS) is 17.4. The molecule has 2 saturated carbocycles. The molecule has 2 aromatic carbocycles. The van der Waals surface area contributed by atoms with Gasteiger partial charge in [0.1, 0.15) is 18.9 Å². The molecule has 0 saturated heterocycles. The van der Waals surface area contributed by atoms with Gasteiger partial charge in [-0.25, -0.2) is 14.8 Å². The summed E-state index contributed by atoms with van der Waals surface area (Å²) >= 11 is 0. The Kier molecular flexibility index (Phi) is 11.9. The maximum Gasteiger partial charge on any atom is 0.252 e. The van der Waals surface area contributed by atoms with Crippen LogP contribution in [0.15, 0.2) is 54.9 Å². The van der Waals surface area contributed by atoms with Crippen molar-refractivity contribution in [3.63, 3.8) is 0 Å². The van der Waals surface area contributed by atoms with E-state index in [4.69, 9.17) is 14.6 Å². The number of fused-ring (bicyclic) bond motifs is 5. The number of rotatable bonds is 14. The number of aryl methyl sites for hydroxylation is 2. The van der Waals surface area contributed by atoms with Gasteiger partial charge in [-0.3, -0.25) is 9.59 Å². The Morgan fingerprint density at radius 1 is 0.981 bits per heavy atom. The summed E-state index contributed by atoms with van der Waals surface area (Å²) in [5, 5.41) is 7.57. The molecular formula is C43H57N5O5Si. The Hall–Kier alpha value is -4.03. The maximum atomic E-state index is 14.2. The lowest BCUT2D eigenvalue weighted by Crippen LogP contribution is -2.55. The summed E-state index contributed by atoms with van der Waals surface area (Å²) in [5.41, 5.74) is 7.34. The van der Waals surface area contributed by atoms with E-state index < -0.39 is 13.6 Å². The lowest BCUT2D eigenvalue weighted by molar-refractivity contribution is -0.263. The van der Waals surface area contributed by atoms with E-state index in [0.29, 0.717) is 43.3 Å². The van der Waals surface area contributed by atoms with E-state index in [1.807, 2.05) is 48.8 Å². The predicted molar refractivity (Wildman–Crippen MR) is 217 cm³/mol. The summed E-state index contributed by atoms with van der Waals surface area (Å²) < 4.78 is 11.0. The van der Waals surface area contributed by atoms with Crippen molar-refractivity contribution in [3.05, 3.63) is 77.3 Å². The number of imidazole rings is 1. The minimum absolute atomic E-state index is 0.171. The zero-order valence-corrected chi connectivity index (χ0v) is 33.5. The number of carbonyl (C=O) groups is 2. The van der Waals surface area contributed by atoms with E-state index in [1.54, 1.807) is 0 Å². The van der Waals surface area contributed by atoms with Crippen molar-refractivity contribution in [1.82, 2.24) is 19.4 Å². The molecular weight excluding hydrogens is 695 g/mol. The molecule has 54 heavy (non-hydrogen) atoms. The summed E-state index contributed by atoms with van der Waals surface area (Å²) in [5.74, 6) is 0.0762. The molecule has 2 aliphatic carbocycles. The molecule has 3 heterocycles. The number of anilines is 1. The van der Waals surface area contributed by atoms with Crippen molar-refractivity contribution < 1.29 is 24.1 Å². The van der Waals surface area contributed by atoms with Crippen LogP contribution in [-0.2, 0) is 39.0 Å². The molecule has 0 radical (unpaired) electrons. The second-order valence-corrected chi connectivity index (χ2v) is 22.2. The molecule has 7 rings (SSSR count). The number of aromatic nitrogens is 3. The SMILES string of the molecule is COOC/C=C/c1ccc(NC(=O)C2(NC(=O)c3ccc4c(C5CCCCC5)c5n(c4c3)CCCc3ncn(COCC[Si](C)(C)C)c3-5)CCCC2)cc1. The van der Waals surface area contributed by atoms with Crippen LogP contribution in [0.25, 0.3) is 28.4 Å². The Balaban J connectivity index is 1.17. The third-order valence-corrected chi connectivity index (χ3v) is 13.2. The van der Waals surface area contributed by atoms with E-state index in [0.717, 1.165) is 61.7 Å². The molecule has 2 aromatic heterocycles. The fourth-order valence-electron chi connectivity index (χ4n) is 8.63. The number of benzene rings is 2. The van der Waals surface area contributed by atoms with Gasteiger partial charge in [-0.05, 0) is 85.9 Å². The van der Waals surface area contributed by atoms with Gasteiger partial charge in [0.15, 0.2) is 0 Å². The Bertz CT molecular complexity index is 1960. The number of hydrogen-bond acceptors (Lipinski definition) is 6. The number of hydrogen-bond donors (Lipinski definition) is 2. The monoisotopic (exact) mass is 751 g/mol. The molecule has 4 aromatic rings. The minimum Gasteiger partial charge on any atom is -0.361 e. The Labute approximate surface area is 320 Å². The van der Waals surface area contributed by atoms with Crippen LogP contribution in [0.2, 0.25) is 25.7 Å². The molecule has 10 nitrogen and oxygen atoms in total. The number of carbonyl (C=O) groups excluding carboxylic acids is 2. The van der Waals surface area contributed by atoms with Crippen LogP contribution in [0, 0.1) is 0 Å². The molecule has 2 N–H and O–H groups in total. The van der Waals surface area contributed by atoms with Crippen LogP contribution >= 0.6 is 0 Å². The number of nitrogens with zero attached hydrogens (tertiary/aromatic N) is 3. The fourth-order valence-corrected chi connectivity index (χ4v) is 9.39. The maximum absolute atomic E-state index is 14.2. The van der Waals surface area contributed by atoms with Gasteiger partial charge >= 0.3 is 0 Å². The molecule has 288 valence electrons. The highest BCUT2D eigenvalue weighted by Gasteiger charge is 2.43. The molecule has 2 fully saturated rings. The lowest BCUT2D eigenvalue weighted by Gasteiger charge is -2.29. The van der Waals surface area contributed by atoms with Crippen LogP contribution in [0.4, 0.5) is 5.69 Å². The largest absolute Gasteiger partial charge is 0.361 e. The van der Waals surface area contributed by atoms with Gasteiger partial charge in [-0.2, -0.15) is 0 Å². The smallest absolute Gasteiger partial charge is 0.252 e. The van der Waals surface area contributed by atoms with Crippen molar-refractivity contribution in [2.75, 3.05) is 25.6 Å². The minimum atomic E-state index is -1.21. The van der Waals surface area contributed by atoms with Crippen molar-refractivity contribution in [2.24, 2.45) is 0 Å². The molecule has 11 heteroatoms. The predicted octanol–water partition coefficient (Wildman–Crippen LogP) is 9.08. The van der Waals surface area contributed by atoms with Crippen molar-refractivity contribution in [3.8, 4) is 11.4 Å². The van der Waals surface area contributed by atoms with Gasteiger partial charge in [0.05, 0.1) is 30.5 Å². The van der Waals surface area contributed by atoms with Gasteiger partial charge in [-0.1, -0.05) is 82.1 Å². The number of amides is 2. The quantitative estimate of drug-likeness (QED) is 0.0576. The summed E-state index contributed by atoms with van der Waals surface area (Å²) in [6.45, 7) is 9.60. The first kappa shape index (κ1) is 38.2. The second kappa shape index (κ2) is 16.8. The first-order valence-electron chi connectivity index (χ1n) is 20.0. The molecule has 1 aliphatic heterocycles. The lowest BCUT2D eigenvalue weighted by atomic mass is 9.82. The van der Waals surface area contributed by atoms with E-state index in [9.17, 15) is 9.59 Å². The van der Waals surface area contributed by atoms with E-state index in [2.05, 4.69) is 56.4 Å². The van der Waals surface area contributed by atoms with E-state index >= 15 is 0 Å². The second-order valence-electron chi connectivity index (χ2n) is 16.6. The van der Waals surface area contributed by atoms with E-state index in [1.165, 1.54) is 61.6 Å². The topological polar surface area (TPSA) is 109 Å². The standard InChI is InChI=1S/C43H57N5O5Si/c1-51-53-25-11-12-31-16-19-34(20-17-31)45-42(50)43(22-8-9-23-43)46-41(49)33-18-21-35-37(28-33)48-24-10-15-36-39(40(48)38(35)32-13-6-5-7-14-32)47(29-44-36)30-52-26-27-54(2,3)4/h11-12,16-21,28-29,32H,5-10,13-15,22-27,30H2,1-4H3,(H,45,50)(H,46,49)/b12-11+. The number of ether oxygens (including phenoxy) is 1. The molecule has 3 aliphatic rings. The fraction of sp³-hybridized carbons (Fsp3) is 0.512. The highest BCUT2D eigenvalue weighted by Crippen LogP contribution is 2.46. The molecule has 0 spiro atoms. The first-order valence-corrected chi connectivity index (χ1v) is 23.7. The van der Waals surface area contributed by atoms with Gasteiger partial charge in [0, 0.05) is 43.4 Å². The number of nitrogens with one attached hydrogen (secondary N) is 2. The average Bonchev–Trinajstić information content (AvgIpc) is 3.85.